The van der Waals surface area contributed by atoms with Crippen molar-refractivity contribution in [3.05, 3.63) is 11.6 Å². The minimum Gasteiger partial charge on any atom is -0.387 e. The third-order valence-electron chi connectivity index (χ3n) is 4.65. The van der Waals surface area contributed by atoms with Crippen molar-refractivity contribution in [2.75, 3.05) is 25.0 Å². The fraction of sp³-hybridized carbons (Fsp3) is 0.625. The molecule has 3 rings (SSSR count). The van der Waals surface area contributed by atoms with Gasteiger partial charge in [-0.3, -0.25) is 13.9 Å². The number of nitrogens with zero attached hydrogens (tertiary/aromatic N) is 4. The van der Waals surface area contributed by atoms with E-state index in [4.69, 9.17) is 21.1 Å². The van der Waals surface area contributed by atoms with Gasteiger partial charge in [-0.2, -0.15) is 9.97 Å². The van der Waals surface area contributed by atoms with Gasteiger partial charge in [0.2, 0.25) is 11.1 Å². The number of hydrogen-bond acceptors (Lipinski definition) is 10. The molecule has 0 bridgehead atoms. The van der Waals surface area contributed by atoms with Crippen LogP contribution in [-0.2, 0) is 18.8 Å². The zero-order valence-corrected chi connectivity index (χ0v) is 18.8. The number of carbonyl (C=O) groups excluding carboxylic acids is 1. The Labute approximate surface area is 187 Å². The number of anilines is 1. The van der Waals surface area contributed by atoms with Crippen LogP contribution in [0.15, 0.2) is 6.33 Å². The molecule has 1 aliphatic heterocycles. The van der Waals surface area contributed by atoms with Gasteiger partial charge in [-0.25, -0.2) is 4.98 Å². The van der Waals surface area contributed by atoms with E-state index in [-0.39, 0.29) is 17.5 Å². The largest absolute Gasteiger partial charge is 0.387 e. The predicted octanol–water partition coefficient (Wildman–Crippen LogP) is -0.813. The first-order chi connectivity index (χ1) is 15.1. The molecule has 14 nitrogen and oxygen atoms in total. The van der Waals surface area contributed by atoms with Gasteiger partial charge in [-0.05, 0) is 25.4 Å². The molecule has 0 aromatic carbocycles. The lowest BCUT2D eigenvalue weighted by Gasteiger charge is -2.21. The molecule has 1 amide bonds. The molecule has 2 aromatic heterocycles. The van der Waals surface area contributed by atoms with E-state index < -0.39 is 50.5 Å². The summed E-state index contributed by atoms with van der Waals surface area (Å²) in [6, 6.07) is 0. The minimum absolute atomic E-state index is 0.0745. The van der Waals surface area contributed by atoms with Crippen LogP contribution in [-0.4, -0.2) is 89.3 Å². The van der Waals surface area contributed by atoms with Crippen molar-refractivity contribution >= 4 is 42.1 Å². The van der Waals surface area contributed by atoms with Gasteiger partial charge >= 0.3 is 7.60 Å². The third-order valence-corrected chi connectivity index (χ3v) is 5.81. The van der Waals surface area contributed by atoms with Crippen LogP contribution in [0.4, 0.5) is 5.82 Å². The van der Waals surface area contributed by atoms with Crippen molar-refractivity contribution in [2.24, 2.45) is 0 Å². The van der Waals surface area contributed by atoms with Crippen LogP contribution in [0.3, 0.4) is 0 Å². The Morgan fingerprint density at radius 2 is 2.03 bits per heavy atom. The summed E-state index contributed by atoms with van der Waals surface area (Å²) in [5.41, 5.74) is 0.591. The highest BCUT2D eigenvalue weighted by Crippen LogP contribution is 2.42. The normalized spacial score (nSPS) is 24.6. The molecule has 6 N–H and O–H groups in total. The van der Waals surface area contributed by atoms with E-state index in [0.29, 0.717) is 17.9 Å². The van der Waals surface area contributed by atoms with Crippen molar-refractivity contribution < 1.29 is 38.8 Å². The Morgan fingerprint density at radius 1 is 1.31 bits per heavy atom. The lowest BCUT2D eigenvalue weighted by molar-refractivity contribution is -0.132. The van der Waals surface area contributed by atoms with Gasteiger partial charge in [0.25, 0.3) is 5.91 Å². The highest BCUT2D eigenvalue weighted by Gasteiger charge is 2.46. The third kappa shape index (κ3) is 5.02. The molecule has 1 saturated heterocycles. The zero-order valence-electron chi connectivity index (χ0n) is 17.1. The van der Waals surface area contributed by atoms with E-state index in [1.165, 1.54) is 10.9 Å². The number of halogens is 1. The number of amides is 1. The van der Waals surface area contributed by atoms with E-state index in [1.807, 2.05) is 6.92 Å². The van der Waals surface area contributed by atoms with Crippen LogP contribution in [0.2, 0.25) is 5.28 Å². The van der Waals surface area contributed by atoms with Crippen LogP contribution >= 0.6 is 19.2 Å². The monoisotopic (exact) mass is 494 g/mol. The van der Waals surface area contributed by atoms with Crippen molar-refractivity contribution in [1.82, 2.24) is 24.8 Å². The summed E-state index contributed by atoms with van der Waals surface area (Å²) >= 11 is 5.98. The maximum absolute atomic E-state index is 11.9. The summed E-state index contributed by atoms with van der Waals surface area (Å²) in [6.45, 7) is 3.53. The molecule has 1 fully saturated rings. The first kappa shape index (κ1) is 24.7. The van der Waals surface area contributed by atoms with E-state index in [0.717, 1.165) is 0 Å². The van der Waals surface area contributed by atoms with Crippen molar-refractivity contribution in [1.29, 1.82) is 0 Å². The number of aromatic nitrogens is 4. The topological polar surface area (TPSA) is 201 Å². The highest BCUT2D eigenvalue weighted by molar-refractivity contribution is 7.53. The predicted molar refractivity (Wildman–Crippen MR) is 111 cm³/mol. The summed E-state index contributed by atoms with van der Waals surface area (Å²) in [7, 11) is -4.95. The molecule has 0 saturated carbocycles. The maximum atomic E-state index is 11.9. The van der Waals surface area contributed by atoms with Gasteiger partial charge in [0, 0.05) is 13.1 Å². The summed E-state index contributed by atoms with van der Waals surface area (Å²) in [6.07, 6.45) is -4.00. The highest BCUT2D eigenvalue weighted by atomic mass is 35.5. The number of rotatable bonds is 9. The molecule has 5 atom stereocenters. The number of hydrogen-bond donors (Lipinski definition) is 6. The van der Waals surface area contributed by atoms with Crippen LogP contribution in [0.25, 0.3) is 11.2 Å². The Kier molecular flexibility index (Phi) is 7.68. The Balaban J connectivity index is 1.81. The number of nitrogens with one attached hydrogen (secondary N) is 2. The number of fused-ring (bicyclic) bond motifs is 1. The average Bonchev–Trinajstić information content (AvgIpc) is 3.23. The van der Waals surface area contributed by atoms with E-state index in [1.54, 1.807) is 6.92 Å². The summed E-state index contributed by atoms with van der Waals surface area (Å²) < 4.78 is 23.7. The molecule has 1 unspecified atom stereocenters. The van der Waals surface area contributed by atoms with Gasteiger partial charge < -0.3 is 40.1 Å². The number of likely N-dealkylation sites (N-methyl/N-ethyl adjacent to an activating group) is 1. The van der Waals surface area contributed by atoms with Gasteiger partial charge in [0.05, 0.1) is 12.9 Å². The molecular formula is C16H24ClN6O8P. The second kappa shape index (κ2) is 9.93. The van der Waals surface area contributed by atoms with E-state index in [9.17, 15) is 29.4 Å². The summed E-state index contributed by atoms with van der Waals surface area (Å²) in [4.78, 5) is 43.1. The molecule has 32 heavy (non-hydrogen) atoms. The van der Waals surface area contributed by atoms with Gasteiger partial charge in [-0.15, -0.1) is 0 Å². The number of carbonyl (C=O) groups is 1. The van der Waals surface area contributed by atoms with Gasteiger partial charge in [-0.1, -0.05) is 0 Å². The average molecular weight is 495 g/mol. The second-order valence-corrected chi connectivity index (χ2v) is 8.90. The first-order valence-electron chi connectivity index (χ1n) is 9.68. The molecule has 178 valence electrons. The van der Waals surface area contributed by atoms with Crippen LogP contribution in [0.1, 0.15) is 20.1 Å². The molecule has 0 spiro atoms. The van der Waals surface area contributed by atoms with Crippen molar-refractivity contribution in [2.45, 2.75) is 44.2 Å². The maximum Gasteiger partial charge on any atom is 0.363 e. The first-order valence-corrected chi connectivity index (χ1v) is 11.7. The van der Waals surface area contributed by atoms with E-state index >= 15 is 0 Å². The molecule has 16 heteroatoms. The van der Waals surface area contributed by atoms with Crippen LogP contribution < -0.4 is 10.6 Å². The van der Waals surface area contributed by atoms with Crippen LogP contribution in [0, 0.1) is 0 Å². The number of ether oxygens (including phenoxy) is 2. The lowest BCUT2D eigenvalue weighted by atomic mass is 10.1. The second-order valence-electron chi connectivity index (χ2n) is 6.91. The van der Waals surface area contributed by atoms with Crippen LogP contribution in [0.5, 0.6) is 0 Å². The minimum atomic E-state index is -4.95. The number of imidazole rings is 1. The molecular weight excluding hydrogens is 471 g/mol. The number of aliphatic hydroxyl groups is 2. The molecule has 0 radical (unpaired) electrons. The smallest absolute Gasteiger partial charge is 0.363 e. The van der Waals surface area contributed by atoms with Gasteiger partial charge in [0.15, 0.2) is 23.2 Å². The van der Waals surface area contributed by atoms with E-state index in [2.05, 4.69) is 25.6 Å². The number of aliphatic hydroxyl groups excluding tert-OH is 2. The summed E-state index contributed by atoms with van der Waals surface area (Å²) in [5, 5.41) is 26.1. The summed E-state index contributed by atoms with van der Waals surface area (Å²) in [5.74, 6) is -2.72. The lowest BCUT2D eigenvalue weighted by Crippen LogP contribution is -2.40. The zero-order chi connectivity index (χ0) is 23.6. The fourth-order valence-electron chi connectivity index (χ4n) is 3.24. The molecule has 3 heterocycles. The van der Waals surface area contributed by atoms with Gasteiger partial charge in [0.1, 0.15) is 18.3 Å². The van der Waals surface area contributed by atoms with Crippen molar-refractivity contribution in [3.8, 4) is 0 Å². The quantitative estimate of drug-likeness (QED) is 0.187. The Hall–Kier alpha value is -1.90. The standard InChI is InChI=1S/C16H24ClN6O8P/c1-3-18-11-8-12(22-16(17)21-11)23(6-20-8)14-10(25)9(24)7(31-14)5-30-15(32(27,28)29)13(26)19-4-2/h6-7,9-10,14-15,24-25H,3-5H2,1-2H3,(H,19,26)(H,18,21,22)(H2,27,28,29)/t7-,9-,10-,14-,15?/m1/s1. The fourth-order valence-corrected chi connectivity index (χ4v) is 4.08. The Bertz CT molecular complexity index is 1020. The molecule has 1 aliphatic rings. The molecule has 0 aliphatic carbocycles. The molecule has 2 aromatic rings. The Morgan fingerprint density at radius 3 is 2.66 bits per heavy atom. The van der Waals surface area contributed by atoms with Crippen molar-refractivity contribution in [3.63, 3.8) is 0 Å². The SMILES string of the molecule is CCNC(=O)C(OC[C@H]1O[C@@H](n2cnc3c(NCC)nc(Cl)nc32)[C@H](O)[C@@H]1O)P(=O)(O)O.